The number of hydrogen-bond donors (Lipinski definition) is 1. The lowest BCUT2D eigenvalue weighted by Crippen LogP contribution is -2.27. The molecule has 0 radical (unpaired) electrons. The maximum atomic E-state index is 12.4. The minimum absolute atomic E-state index is 0.210. The molecule has 0 fully saturated rings. The highest BCUT2D eigenvalue weighted by atomic mass is 16.6. The van der Waals surface area contributed by atoms with E-state index >= 15 is 0 Å². The van der Waals surface area contributed by atoms with Crippen LogP contribution in [0.25, 0.3) is 0 Å². The van der Waals surface area contributed by atoms with Crippen LogP contribution in [0.3, 0.4) is 0 Å². The highest BCUT2D eigenvalue weighted by Crippen LogP contribution is 2.24. The number of aromatic nitrogens is 2. The third-order valence-corrected chi connectivity index (χ3v) is 3.93. The van der Waals surface area contributed by atoms with Crippen LogP contribution in [-0.2, 0) is 7.05 Å². The Morgan fingerprint density at radius 1 is 1.15 bits per heavy atom. The second kappa shape index (κ2) is 7.69. The Kier molecular flexibility index (Phi) is 5.16. The van der Waals surface area contributed by atoms with Crippen molar-refractivity contribution in [3.8, 4) is 11.5 Å². The van der Waals surface area contributed by atoms with Crippen LogP contribution in [0.15, 0.2) is 60.8 Å². The van der Waals surface area contributed by atoms with Gasteiger partial charge in [0.15, 0.2) is 0 Å². The predicted molar refractivity (Wildman–Crippen MR) is 98.7 cm³/mol. The van der Waals surface area contributed by atoms with E-state index in [0.717, 1.165) is 11.3 Å². The molecule has 8 heteroatoms. The van der Waals surface area contributed by atoms with Gasteiger partial charge in [-0.1, -0.05) is 30.3 Å². The van der Waals surface area contributed by atoms with Gasteiger partial charge in [0.1, 0.15) is 17.7 Å². The third-order valence-electron chi connectivity index (χ3n) is 3.93. The maximum absolute atomic E-state index is 12.4. The van der Waals surface area contributed by atoms with Crippen molar-refractivity contribution in [2.75, 3.05) is 0 Å². The van der Waals surface area contributed by atoms with Gasteiger partial charge in [0.05, 0.1) is 11.0 Å². The van der Waals surface area contributed by atoms with Gasteiger partial charge in [0, 0.05) is 7.05 Å². The fourth-order valence-corrected chi connectivity index (χ4v) is 2.57. The highest BCUT2D eigenvalue weighted by Gasteiger charge is 2.26. The highest BCUT2D eigenvalue weighted by molar-refractivity contribution is 5.96. The molecule has 27 heavy (non-hydrogen) atoms. The monoisotopic (exact) mass is 366 g/mol. The lowest BCUT2D eigenvalue weighted by atomic mass is 10.1. The number of hydrogen-bond acceptors (Lipinski definition) is 5. The normalized spacial score (nSPS) is 11.6. The quantitative estimate of drug-likeness (QED) is 0.531. The Hall–Kier alpha value is -3.68. The SMILES string of the molecule is C[C@H](NC(=O)c1nn(C)cc1[N+](=O)[O-])c1ccc(Oc2ccccc2)cc1. The molecule has 1 atom stereocenters. The van der Waals surface area contributed by atoms with E-state index in [1.54, 1.807) is 19.1 Å². The minimum Gasteiger partial charge on any atom is -0.457 e. The van der Waals surface area contributed by atoms with Crippen molar-refractivity contribution in [3.63, 3.8) is 0 Å². The first kappa shape index (κ1) is 18.1. The van der Waals surface area contributed by atoms with Crippen LogP contribution in [0.4, 0.5) is 5.69 Å². The number of ether oxygens (including phenoxy) is 1. The number of rotatable bonds is 6. The molecule has 1 heterocycles. The second-order valence-electron chi connectivity index (χ2n) is 5.97. The Labute approximate surface area is 155 Å². The van der Waals surface area contributed by atoms with E-state index in [-0.39, 0.29) is 17.4 Å². The number of nitro groups is 1. The largest absolute Gasteiger partial charge is 0.457 e. The van der Waals surface area contributed by atoms with E-state index in [2.05, 4.69) is 10.4 Å². The first-order valence-electron chi connectivity index (χ1n) is 8.26. The van der Waals surface area contributed by atoms with Crippen molar-refractivity contribution in [2.24, 2.45) is 7.05 Å². The summed E-state index contributed by atoms with van der Waals surface area (Å²) in [6, 6.07) is 16.3. The van der Waals surface area contributed by atoms with Gasteiger partial charge in [-0.05, 0) is 36.8 Å². The molecule has 3 rings (SSSR count). The van der Waals surface area contributed by atoms with Gasteiger partial charge in [-0.2, -0.15) is 5.10 Å². The molecule has 0 unspecified atom stereocenters. The molecule has 0 saturated heterocycles. The van der Waals surface area contributed by atoms with Gasteiger partial charge in [-0.15, -0.1) is 0 Å². The first-order valence-corrected chi connectivity index (χ1v) is 8.26. The number of benzene rings is 2. The molecule has 2 aromatic carbocycles. The van der Waals surface area contributed by atoms with Crippen molar-refractivity contribution in [1.29, 1.82) is 0 Å². The number of amides is 1. The second-order valence-corrected chi connectivity index (χ2v) is 5.97. The van der Waals surface area contributed by atoms with Crippen molar-refractivity contribution in [3.05, 3.63) is 82.2 Å². The van der Waals surface area contributed by atoms with Crippen LogP contribution in [0.2, 0.25) is 0 Å². The van der Waals surface area contributed by atoms with Crippen molar-refractivity contribution in [1.82, 2.24) is 15.1 Å². The Balaban J connectivity index is 1.68. The molecule has 0 aliphatic rings. The van der Waals surface area contributed by atoms with Crippen molar-refractivity contribution >= 4 is 11.6 Å². The standard InChI is InChI=1S/C19H18N4O4/c1-13(20-19(24)18-17(23(25)26)12-22(2)21-18)14-8-10-16(11-9-14)27-15-6-4-3-5-7-15/h3-13H,1-2H3,(H,20,24)/t13-/m0/s1. The average Bonchev–Trinajstić information content (AvgIpc) is 3.05. The molecule has 0 spiro atoms. The molecule has 0 saturated carbocycles. The number of nitrogens with zero attached hydrogens (tertiary/aromatic N) is 3. The maximum Gasteiger partial charge on any atom is 0.320 e. The summed E-state index contributed by atoms with van der Waals surface area (Å²) in [5.74, 6) is 0.803. The number of para-hydroxylation sites is 1. The molecular weight excluding hydrogens is 348 g/mol. The Morgan fingerprint density at radius 2 is 1.78 bits per heavy atom. The summed E-state index contributed by atoms with van der Waals surface area (Å²) in [6.45, 7) is 1.79. The molecule has 1 N–H and O–H groups in total. The van der Waals surface area contributed by atoms with Gasteiger partial charge >= 0.3 is 5.69 Å². The van der Waals surface area contributed by atoms with Crippen LogP contribution in [0, 0.1) is 10.1 Å². The Morgan fingerprint density at radius 3 is 2.41 bits per heavy atom. The number of carbonyl (C=O) groups is 1. The first-order chi connectivity index (χ1) is 12.9. The number of carbonyl (C=O) groups excluding carboxylic acids is 1. The molecule has 3 aromatic rings. The zero-order valence-electron chi connectivity index (χ0n) is 14.8. The summed E-state index contributed by atoms with van der Waals surface area (Å²) in [7, 11) is 1.53. The molecule has 1 aromatic heterocycles. The van der Waals surface area contributed by atoms with Crippen molar-refractivity contribution in [2.45, 2.75) is 13.0 Å². The van der Waals surface area contributed by atoms with Crippen LogP contribution < -0.4 is 10.1 Å². The lowest BCUT2D eigenvalue weighted by molar-refractivity contribution is -0.385. The Bertz CT molecular complexity index is 952. The van der Waals surface area contributed by atoms with Gasteiger partial charge in [0.25, 0.3) is 5.91 Å². The predicted octanol–water partition coefficient (Wildman–Crippen LogP) is 3.61. The molecule has 8 nitrogen and oxygen atoms in total. The average molecular weight is 366 g/mol. The van der Waals surface area contributed by atoms with E-state index in [4.69, 9.17) is 4.74 Å². The molecule has 0 bridgehead atoms. The smallest absolute Gasteiger partial charge is 0.320 e. The van der Waals surface area contributed by atoms with E-state index in [1.165, 1.54) is 17.9 Å². The van der Waals surface area contributed by atoms with Crippen LogP contribution in [0.1, 0.15) is 29.0 Å². The van der Waals surface area contributed by atoms with Gasteiger partial charge in [-0.25, -0.2) is 0 Å². The van der Waals surface area contributed by atoms with Crippen LogP contribution in [0.5, 0.6) is 11.5 Å². The third kappa shape index (κ3) is 4.30. The lowest BCUT2D eigenvalue weighted by Gasteiger charge is -2.14. The van der Waals surface area contributed by atoms with Gasteiger partial charge in [-0.3, -0.25) is 19.6 Å². The summed E-state index contributed by atoms with van der Waals surface area (Å²) in [5, 5.41) is 17.7. The van der Waals surface area contributed by atoms with Gasteiger partial charge in [0.2, 0.25) is 5.69 Å². The zero-order chi connectivity index (χ0) is 19.4. The van der Waals surface area contributed by atoms with Crippen LogP contribution >= 0.6 is 0 Å². The van der Waals surface area contributed by atoms with E-state index in [9.17, 15) is 14.9 Å². The van der Waals surface area contributed by atoms with Crippen LogP contribution in [-0.4, -0.2) is 20.6 Å². The summed E-state index contributed by atoms with van der Waals surface area (Å²) >= 11 is 0. The molecule has 0 aliphatic heterocycles. The van der Waals surface area contributed by atoms with Crippen molar-refractivity contribution < 1.29 is 14.5 Å². The molecule has 0 aliphatic carbocycles. The molecular formula is C19H18N4O4. The zero-order valence-corrected chi connectivity index (χ0v) is 14.8. The fraction of sp³-hybridized carbons (Fsp3) is 0.158. The molecule has 138 valence electrons. The van der Waals surface area contributed by atoms with E-state index in [1.807, 2.05) is 42.5 Å². The summed E-state index contributed by atoms with van der Waals surface area (Å²) < 4.78 is 6.98. The summed E-state index contributed by atoms with van der Waals surface area (Å²) in [4.78, 5) is 22.8. The van der Waals surface area contributed by atoms with Gasteiger partial charge < -0.3 is 10.1 Å². The van der Waals surface area contributed by atoms with E-state index < -0.39 is 10.8 Å². The summed E-state index contributed by atoms with van der Waals surface area (Å²) in [5.41, 5.74) is 0.300. The fourth-order valence-electron chi connectivity index (χ4n) is 2.57. The summed E-state index contributed by atoms with van der Waals surface area (Å²) in [6.07, 6.45) is 1.20. The topological polar surface area (TPSA) is 99.3 Å². The van der Waals surface area contributed by atoms with E-state index in [0.29, 0.717) is 5.75 Å². The number of nitrogens with one attached hydrogen (secondary N) is 1. The number of aryl methyl sites for hydroxylation is 1. The minimum atomic E-state index is -0.623. The molecule has 1 amide bonds.